The highest BCUT2D eigenvalue weighted by Gasteiger charge is 2.30. The van der Waals surface area contributed by atoms with Gasteiger partial charge in [-0.05, 0) is 50.0 Å². The Morgan fingerprint density at radius 2 is 2.07 bits per heavy atom. The summed E-state index contributed by atoms with van der Waals surface area (Å²) in [5, 5.41) is 10.7. The lowest BCUT2D eigenvalue weighted by molar-refractivity contribution is -0.145. The zero-order valence-corrected chi connectivity index (χ0v) is 16.2. The Bertz CT molecular complexity index is 688. The van der Waals surface area contributed by atoms with Gasteiger partial charge >= 0.3 is 12.1 Å². The number of anilines is 1. The van der Waals surface area contributed by atoms with E-state index in [1.807, 2.05) is 6.92 Å². The van der Waals surface area contributed by atoms with Crippen molar-refractivity contribution in [3.63, 3.8) is 0 Å². The second-order valence-electron chi connectivity index (χ2n) is 6.48. The van der Waals surface area contributed by atoms with Gasteiger partial charge < -0.3 is 21.2 Å². The van der Waals surface area contributed by atoms with Crippen molar-refractivity contribution in [2.45, 2.75) is 45.2 Å². The molecule has 0 saturated carbocycles. The summed E-state index contributed by atoms with van der Waals surface area (Å²) in [7, 11) is 1.36. The van der Waals surface area contributed by atoms with E-state index in [1.54, 1.807) is 6.07 Å². The van der Waals surface area contributed by atoms with Gasteiger partial charge in [-0.1, -0.05) is 19.4 Å². The van der Waals surface area contributed by atoms with Gasteiger partial charge in [0.15, 0.2) is 0 Å². The highest BCUT2D eigenvalue weighted by Crippen LogP contribution is 2.31. The summed E-state index contributed by atoms with van der Waals surface area (Å²) in [6.07, 6.45) is 0.473. The predicted octanol–water partition coefficient (Wildman–Crippen LogP) is 4.74. The van der Waals surface area contributed by atoms with Gasteiger partial charge in [-0.25, -0.2) is 0 Å². The lowest BCUT2D eigenvalue weighted by atomic mass is 9.98. The van der Waals surface area contributed by atoms with Crippen LogP contribution in [0.3, 0.4) is 0 Å². The van der Waals surface area contributed by atoms with Crippen LogP contribution in [0.25, 0.3) is 0 Å². The first kappa shape index (κ1) is 23.7. The fourth-order valence-corrected chi connectivity index (χ4v) is 2.76. The average Bonchev–Trinajstić information content (AvgIpc) is 2.66. The molecular formula is C20H28F3N3O2. The standard InChI is InChI=1S/C20H28F3N3O2/c1-3-14(19(27)28-2)7-4-5-9-18(12-16(25)13-24)26-17-10-6-8-15(11-17)20(21,22)23/h6,8,10-12,14,25-26H,3-5,7,9,13,24H2,1-2H3/b18-12-,25-16?. The van der Waals surface area contributed by atoms with Crippen LogP contribution in [0, 0.1) is 11.3 Å². The topological polar surface area (TPSA) is 88.2 Å². The summed E-state index contributed by atoms with van der Waals surface area (Å²) < 4.78 is 43.4. The van der Waals surface area contributed by atoms with Crippen LogP contribution < -0.4 is 11.1 Å². The number of rotatable bonds is 11. The van der Waals surface area contributed by atoms with Crippen LogP contribution in [-0.2, 0) is 15.7 Å². The Hall–Kier alpha value is -2.35. The average molecular weight is 399 g/mol. The predicted molar refractivity (Wildman–Crippen MR) is 104 cm³/mol. The molecule has 8 heteroatoms. The number of alkyl halides is 3. The third-order valence-corrected chi connectivity index (χ3v) is 4.34. The number of nitrogens with two attached hydrogens (primary N) is 1. The molecule has 1 atom stereocenters. The third kappa shape index (κ3) is 8.12. The fourth-order valence-electron chi connectivity index (χ4n) is 2.76. The van der Waals surface area contributed by atoms with Crippen molar-refractivity contribution in [1.82, 2.24) is 0 Å². The van der Waals surface area contributed by atoms with Crippen molar-refractivity contribution in [2.75, 3.05) is 19.0 Å². The van der Waals surface area contributed by atoms with Gasteiger partial charge in [0.1, 0.15) is 0 Å². The van der Waals surface area contributed by atoms with Crippen LogP contribution in [-0.4, -0.2) is 25.3 Å². The first-order valence-corrected chi connectivity index (χ1v) is 9.21. The molecule has 0 aliphatic heterocycles. The van der Waals surface area contributed by atoms with Crippen molar-refractivity contribution in [2.24, 2.45) is 11.7 Å². The van der Waals surface area contributed by atoms with E-state index in [9.17, 15) is 18.0 Å². The minimum absolute atomic E-state index is 0.0357. The molecule has 28 heavy (non-hydrogen) atoms. The van der Waals surface area contributed by atoms with Gasteiger partial charge in [-0.15, -0.1) is 0 Å². The van der Waals surface area contributed by atoms with E-state index in [0.29, 0.717) is 37.1 Å². The molecule has 0 saturated heterocycles. The normalized spacial score (nSPS) is 13.1. The number of nitrogens with one attached hydrogen (secondary N) is 2. The number of esters is 1. The van der Waals surface area contributed by atoms with E-state index < -0.39 is 11.7 Å². The van der Waals surface area contributed by atoms with Crippen LogP contribution in [0.1, 0.15) is 44.6 Å². The zero-order valence-electron chi connectivity index (χ0n) is 16.2. The number of unbranched alkanes of at least 4 members (excludes halogenated alkanes) is 1. The number of allylic oxidation sites excluding steroid dienone is 1. The van der Waals surface area contributed by atoms with Crippen LogP contribution in [0.4, 0.5) is 18.9 Å². The van der Waals surface area contributed by atoms with Gasteiger partial charge in [0, 0.05) is 23.6 Å². The minimum Gasteiger partial charge on any atom is -0.469 e. The number of carbonyl (C=O) groups excluding carboxylic acids is 1. The monoisotopic (exact) mass is 399 g/mol. The van der Waals surface area contributed by atoms with Crippen molar-refractivity contribution in [1.29, 1.82) is 5.41 Å². The molecule has 0 aromatic heterocycles. The largest absolute Gasteiger partial charge is 0.469 e. The maximum Gasteiger partial charge on any atom is 0.416 e. The van der Waals surface area contributed by atoms with E-state index in [4.69, 9.17) is 15.9 Å². The molecular weight excluding hydrogens is 371 g/mol. The van der Waals surface area contributed by atoms with E-state index >= 15 is 0 Å². The molecule has 0 fully saturated rings. The van der Waals surface area contributed by atoms with E-state index in [0.717, 1.165) is 18.6 Å². The van der Waals surface area contributed by atoms with E-state index in [-0.39, 0.29) is 24.1 Å². The van der Waals surface area contributed by atoms with E-state index in [1.165, 1.54) is 19.3 Å². The van der Waals surface area contributed by atoms with Crippen LogP contribution in [0.2, 0.25) is 0 Å². The maximum atomic E-state index is 12.9. The highest BCUT2D eigenvalue weighted by molar-refractivity contribution is 5.94. The fraction of sp³-hybridized carbons (Fsp3) is 0.500. The summed E-state index contributed by atoms with van der Waals surface area (Å²) in [5.74, 6) is -0.388. The Labute approximate surface area is 163 Å². The summed E-state index contributed by atoms with van der Waals surface area (Å²) in [5.41, 5.74) is 5.80. The molecule has 0 spiro atoms. The SMILES string of the molecule is CCC(CCCC/C(=C/C(=N)CN)Nc1cccc(C(F)(F)F)c1)C(=O)OC. The number of hydrogen-bond donors (Lipinski definition) is 3. The molecule has 4 N–H and O–H groups in total. The molecule has 1 unspecified atom stereocenters. The molecule has 0 aliphatic rings. The Morgan fingerprint density at radius 3 is 2.64 bits per heavy atom. The Morgan fingerprint density at radius 1 is 1.36 bits per heavy atom. The number of benzene rings is 1. The molecule has 1 aromatic carbocycles. The van der Waals surface area contributed by atoms with Crippen LogP contribution >= 0.6 is 0 Å². The maximum absolute atomic E-state index is 12.9. The highest BCUT2D eigenvalue weighted by atomic mass is 19.4. The molecule has 5 nitrogen and oxygen atoms in total. The minimum atomic E-state index is -4.42. The van der Waals surface area contributed by atoms with Crippen molar-refractivity contribution < 1.29 is 22.7 Å². The molecule has 0 aliphatic carbocycles. The zero-order chi connectivity index (χ0) is 21.2. The first-order chi connectivity index (χ1) is 13.2. The van der Waals surface area contributed by atoms with Gasteiger partial charge in [0.05, 0.1) is 18.6 Å². The Kier molecular flexibility index (Phi) is 9.72. The number of methoxy groups -OCH3 is 1. The lowest BCUT2D eigenvalue weighted by Crippen LogP contribution is -2.15. The number of hydrogen-bond acceptors (Lipinski definition) is 5. The van der Waals surface area contributed by atoms with Crippen molar-refractivity contribution in [3.8, 4) is 0 Å². The third-order valence-electron chi connectivity index (χ3n) is 4.34. The summed E-state index contributed by atoms with van der Waals surface area (Å²) in [6, 6.07) is 4.91. The van der Waals surface area contributed by atoms with Gasteiger partial charge in [0.25, 0.3) is 0 Å². The molecule has 156 valence electrons. The number of halogens is 3. The second-order valence-corrected chi connectivity index (χ2v) is 6.48. The molecule has 0 radical (unpaired) electrons. The van der Waals surface area contributed by atoms with E-state index in [2.05, 4.69) is 5.32 Å². The molecule has 1 aromatic rings. The molecule has 1 rings (SSSR count). The lowest BCUT2D eigenvalue weighted by Gasteiger charge is -2.15. The number of ether oxygens (including phenoxy) is 1. The Balaban J connectivity index is 2.76. The van der Waals surface area contributed by atoms with Crippen LogP contribution in [0.5, 0.6) is 0 Å². The van der Waals surface area contributed by atoms with Crippen molar-refractivity contribution in [3.05, 3.63) is 41.6 Å². The summed E-state index contributed by atoms with van der Waals surface area (Å²) in [4.78, 5) is 11.6. The smallest absolute Gasteiger partial charge is 0.416 e. The van der Waals surface area contributed by atoms with Gasteiger partial charge in [-0.3, -0.25) is 4.79 Å². The van der Waals surface area contributed by atoms with Gasteiger partial charge in [-0.2, -0.15) is 13.2 Å². The quantitative estimate of drug-likeness (QED) is 0.285. The molecule has 0 bridgehead atoms. The van der Waals surface area contributed by atoms with Crippen LogP contribution in [0.15, 0.2) is 36.0 Å². The number of carbonyl (C=O) groups is 1. The molecule has 0 heterocycles. The van der Waals surface area contributed by atoms with Crippen molar-refractivity contribution >= 4 is 17.4 Å². The van der Waals surface area contributed by atoms with Gasteiger partial charge in [0.2, 0.25) is 0 Å². The summed E-state index contributed by atoms with van der Waals surface area (Å²) in [6.45, 7) is 1.96. The summed E-state index contributed by atoms with van der Waals surface area (Å²) >= 11 is 0. The molecule has 0 amide bonds. The second kappa shape index (κ2) is 11.5. The first-order valence-electron chi connectivity index (χ1n) is 9.21.